The smallest absolute Gasteiger partial charge is 0.0698 e. The van der Waals surface area contributed by atoms with Crippen molar-refractivity contribution in [3.63, 3.8) is 0 Å². The Morgan fingerprint density at radius 1 is 1.38 bits per heavy atom. The summed E-state index contributed by atoms with van der Waals surface area (Å²) < 4.78 is 5.48. The number of benzene rings is 1. The molecule has 0 aromatic heterocycles. The molecule has 1 aliphatic rings. The number of methoxy groups -OCH3 is 1. The monoisotopic (exact) mass is 292 g/mol. The van der Waals surface area contributed by atoms with Crippen LogP contribution in [0.15, 0.2) is 30.3 Å². The highest BCUT2D eigenvalue weighted by Gasteiger charge is 2.30. The highest BCUT2D eigenvalue weighted by Crippen LogP contribution is 2.25. The van der Waals surface area contributed by atoms with Crippen LogP contribution in [-0.4, -0.2) is 56.5 Å². The Morgan fingerprint density at radius 2 is 2.14 bits per heavy atom. The SMILES string of the molecule is CNC(CO)(CCN1CCCC(OC)C1)c1ccccc1. The maximum atomic E-state index is 9.95. The van der Waals surface area contributed by atoms with Crippen LogP contribution < -0.4 is 5.32 Å². The number of aliphatic hydroxyl groups excluding tert-OH is 1. The van der Waals surface area contributed by atoms with E-state index in [1.165, 1.54) is 6.42 Å². The van der Waals surface area contributed by atoms with Gasteiger partial charge in [-0.25, -0.2) is 0 Å². The van der Waals surface area contributed by atoms with Gasteiger partial charge in [0.15, 0.2) is 0 Å². The summed E-state index contributed by atoms with van der Waals surface area (Å²) in [5.41, 5.74) is 0.789. The van der Waals surface area contributed by atoms with Crippen LogP contribution in [0.5, 0.6) is 0 Å². The second-order valence-corrected chi connectivity index (χ2v) is 5.91. The molecule has 4 heteroatoms. The number of aliphatic hydroxyl groups is 1. The van der Waals surface area contributed by atoms with E-state index in [1.807, 2.05) is 25.2 Å². The Kier molecular flexibility index (Phi) is 6.18. The Morgan fingerprint density at radius 3 is 2.76 bits per heavy atom. The first kappa shape index (κ1) is 16.4. The van der Waals surface area contributed by atoms with Crippen molar-refractivity contribution >= 4 is 0 Å². The number of nitrogens with zero attached hydrogens (tertiary/aromatic N) is 1. The largest absolute Gasteiger partial charge is 0.394 e. The average Bonchev–Trinajstić information content (AvgIpc) is 2.57. The van der Waals surface area contributed by atoms with Crippen molar-refractivity contribution in [3.05, 3.63) is 35.9 Å². The molecular formula is C17H28N2O2. The van der Waals surface area contributed by atoms with E-state index in [0.29, 0.717) is 6.10 Å². The van der Waals surface area contributed by atoms with Crippen LogP contribution >= 0.6 is 0 Å². The van der Waals surface area contributed by atoms with Crippen LogP contribution in [0.3, 0.4) is 0 Å². The van der Waals surface area contributed by atoms with Crippen LogP contribution in [0.2, 0.25) is 0 Å². The van der Waals surface area contributed by atoms with Gasteiger partial charge in [0.2, 0.25) is 0 Å². The van der Waals surface area contributed by atoms with Crippen LogP contribution in [0.1, 0.15) is 24.8 Å². The van der Waals surface area contributed by atoms with Crippen molar-refractivity contribution in [2.24, 2.45) is 0 Å². The Hall–Kier alpha value is -0.940. The van der Waals surface area contributed by atoms with E-state index >= 15 is 0 Å². The number of hydrogen-bond donors (Lipinski definition) is 2. The molecule has 1 saturated heterocycles. The molecule has 118 valence electrons. The molecule has 4 nitrogen and oxygen atoms in total. The van der Waals surface area contributed by atoms with Gasteiger partial charge in [-0.1, -0.05) is 30.3 Å². The lowest BCUT2D eigenvalue weighted by atomic mass is 9.87. The number of nitrogens with one attached hydrogen (secondary N) is 1. The molecule has 0 radical (unpaired) electrons. The first-order valence-corrected chi connectivity index (χ1v) is 7.84. The fraction of sp³-hybridized carbons (Fsp3) is 0.647. The van der Waals surface area contributed by atoms with E-state index in [0.717, 1.165) is 38.0 Å². The normalized spacial score (nSPS) is 22.9. The number of likely N-dealkylation sites (N-methyl/N-ethyl adjacent to an activating group) is 1. The van der Waals surface area contributed by atoms with E-state index in [1.54, 1.807) is 7.11 Å². The summed E-state index contributed by atoms with van der Waals surface area (Å²) in [6, 6.07) is 10.2. The summed E-state index contributed by atoms with van der Waals surface area (Å²) in [6.45, 7) is 3.20. The number of rotatable bonds is 7. The highest BCUT2D eigenvalue weighted by atomic mass is 16.5. The maximum absolute atomic E-state index is 9.95. The molecule has 0 saturated carbocycles. The van der Waals surface area contributed by atoms with Crippen LogP contribution in [0, 0.1) is 0 Å². The molecule has 1 aliphatic heterocycles. The second-order valence-electron chi connectivity index (χ2n) is 5.91. The maximum Gasteiger partial charge on any atom is 0.0698 e. The van der Waals surface area contributed by atoms with Crippen LogP contribution in [0.25, 0.3) is 0 Å². The third-order valence-electron chi connectivity index (χ3n) is 4.73. The molecule has 2 N–H and O–H groups in total. The van der Waals surface area contributed by atoms with Crippen molar-refractivity contribution in [2.75, 3.05) is 40.4 Å². The van der Waals surface area contributed by atoms with Gasteiger partial charge in [0, 0.05) is 20.2 Å². The first-order valence-electron chi connectivity index (χ1n) is 7.84. The Bertz CT molecular complexity index is 407. The van der Waals surface area contributed by atoms with Gasteiger partial charge in [0.05, 0.1) is 18.2 Å². The van der Waals surface area contributed by atoms with Crippen molar-refractivity contribution in [1.29, 1.82) is 0 Å². The molecule has 2 atom stereocenters. The number of likely N-dealkylation sites (tertiary alicyclic amines) is 1. The minimum Gasteiger partial charge on any atom is -0.394 e. The third-order valence-corrected chi connectivity index (χ3v) is 4.73. The number of ether oxygens (including phenoxy) is 1. The zero-order valence-corrected chi connectivity index (χ0v) is 13.2. The summed E-state index contributed by atoms with van der Waals surface area (Å²) in [5, 5.41) is 13.3. The van der Waals surface area contributed by atoms with Crippen molar-refractivity contribution in [1.82, 2.24) is 10.2 Å². The fourth-order valence-electron chi connectivity index (χ4n) is 3.18. The molecule has 1 fully saturated rings. The molecule has 0 amide bonds. The van der Waals surface area contributed by atoms with Gasteiger partial charge in [0.25, 0.3) is 0 Å². The van der Waals surface area contributed by atoms with Crippen LogP contribution in [0.4, 0.5) is 0 Å². The fourth-order valence-corrected chi connectivity index (χ4v) is 3.18. The van der Waals surface area contributed by atoms with E-state index in [9.17, 15) is 5.11 Å². The van der Waals surface area contributed by atoms with Crippen LogP contribution in [-0.2, 0) is 10.3 Å². The Balaban J connectivity index is 2.00. The van der Waals surface area contributed by atoms with Gasteiger partial charge in [-0.05, 0) is 38.4 Å². The summed E-state index contributed by atoms with van der Waals surface area (Å²) >= 11 is 0. The summed E-state index contributed by atoms with van der Waals surface area (Å²) in [6.07, 6.45) is 3.59. The summed E-state index contributed by atoms with van der Waals surface area (Å²) in [4.78, 5) is 2.45. The van der Waals surface area contributed by atoms with Gasteiger partial charge in [-0.2, -0.15) is 0 Å². The standard InChI is InChI=1S/C17H28N2O2/c1-18-17(14-20,15-7-4-3-5-8-15)10-12-19-11-6-9-16(13-19)21-2/h3-5,7-8,16,18,20H,6,9-14H2,1-2H3. The van der Waals surface area contributed by atoms with Gasteiger partial charge in [0.1, 0.15) is 0 Å². The summed E-state index contributed by atoms with van der Waals surface area (Å²) in [7, 11) is 3.72. The topological polar surface area (TPSA) is 44.7 Å². The average molecular weight is 292 g/mol. The van der Waals surface area contributed by atoms with Gasteiger partial charge in [-0.15, -0.1) is 0 Å². The predicted octanol–water partition coefficient (Wildman–Crippen LogP) is 1.59. The molecule has 21 heavy (non-hydrogen) atoms. The van der Waals surface area contributed by atoms with E-state index in [2.05, 4.69) is 22.3 Å². The molecule has 0 spiro atoms. The van der Waals surface area contributed by atoms with Gasteiger partial charge in [-0.3, -0.25) is 0 Å². The molecule has 2 unspecified atom stereocenters. The van der Waals surface area contributed by atoms with E-state index in [-0.39, 0.29) is 12.1 Å². The molecule has 1 aromatic rings. The minimum atomic E-state index is -0.360. The predicted molar refractivity (Wildman–Crippen MR) is 85.4 cm³/mol. The van der Waals surface area contributed by atoms with E-state index in [4.69, 9.17) is 4.74 Å². The first-order chi connectivity index (χ1) is 10.2. The van der Waals surface area contributed by atoms with Gasteiger partial charge >= 0.3 is 0 Å². The zero-order chi connectivity index (χ0) is 15.1. The lowest BCUT2D eigenvalue weighted by Gasteiger charge is -2.37. The molecule has 2 rings (SSSR count). The second kappa shape index (κ2) is 7.90. The van der Waals surface area contributed by atoms with E-state index < -0.39 is 0 Å². The quantitative estimate of drug-likeness (QED) is 0.801. The lowest BCUT2D eigenvalue weighted by Crippen LogP contribution is -2.48. The van der Waals surface area contributed by atoms with Gasteiger partial charge < -0.3 is 20.1 Å². The molecular weight excluding hydrogens is 264 g/mol. The summed E-state index contributed by atoms with van der Waals surface area (Å²) in [5.74, 6) is 0. The van der Waals surface area contributed by atoms with Crippen molar-refractivity contribution in [3.8, 4) is 0 Å². The van der Waals surface area contributed by atoms with Crippen molar-refractivity contribution < 1.29 is 9.84 Å². The van der Waals surface area contributed by atoms with Crippen molar-refractivity contribution in [2.45, 2.75) is 30.9 Å². The molecule has 1 heterocycles. The lowest BCUT2D eigenvalue weighted by molar-refractivity contribution is 0.0257. The number of piperidine rings is 1. The minimum absolute atomic E-state index is 0.106. The number of hydrogen-bond acceptors (Lipinski definition) is 4. The highest BCUT2D eigenvalue weighted by molar-refractivity contribution is 5.24. The molecule has 0 bridgehead atoms. The third kappa shape index (κ3) is 4.04. The zero-order valence-electron chi connectivity index (χ0n) is 13.2. The molecule has 1 aromatic carbocycles. The molecule has 0 aliphatic carbocycles. The Labute approximate surface area is 128 Å².